The van der Waals surface area contributed by atoms with Gasteiger partial charge in [-0.3, -0.25) is 9.78 Å². The minimum Gasteiger partial charge on any atom is -0.486 e. The third kappa shape index (κ3) is 3.11. The Bertz CT molecular complexity index is 924. The average Bonchev–Trinajstić information content (AvgIpc) is 3.16. The molecule has 4 rings (SSSR count). The fraction of sp³-hybridized carbons (Fsp3) is 0.211. The van der Waals surface area contributed by atoms with E-state index in [0.29, 0.717) is 41.7 Å². The zero-order chi connectivity index (χ0) is 17.9. The van der Waals surface area contributed by atoms with Gasteiger partial charge < -0.3 is 18.9 Å². The van der Waals surface area contributed by atoms with Crippen LogP contribution in [-0.2, 0) is 6.54 Å². The van der Waals surface area contributed by atoms with Crippen molar-refractivity contribution >= 4 is 5.91 Å². The maximum Gasteiger partial charge on any atom is 0.257 e. The van der Waals surface area contributed by atoms with Crippen LogP contribution in [0.1, 0.15) is 16.1 Å². The average molecular weight is 351 g/mol. The van der Waals surface area contributed by atoms with Crippen molar-refractivity contribution in [3.8, 4) is 22.9 Å². The Labute approximate surface area is 150 Å². The van der Waals surface area contributed by atoms with E-state index < -0.39 is 0 Å². The number of pyridine rings is 1. The van der Waals surface area contributed by atoms with E-state index in [2.05, 4.69) is 10.1 Å². The Morgan fingerprint density at radius 2 is 2.00 bits per heavy atom. The van der Waals surface area contributed by atoms with Gasteiger partial charge in [-0.05, 0) is 24.3 Å². The van der Waals surface area contributed by atoms with Crippen molar-refractivity contribution in [1.82, 2.24) is 15.0 Å². The van der Waals surface area contributed by atoms with Crippen molar-refractivity contribution < 1.29 is 18.8 Å². The van der Waals surface area contributed by atoms with Crippen LogP contribution in [0.2, 0.25) is 0 Å². The number of nitrogens with zero attached hydrogens (tertiary/aromatic N) is 3. The van der Waals surface area contributed by atoms with Crippen LogP contribution in [-0.4, -0.2) is 41.2 Å². The van der Waals surface area contributed by atoms with Crippen LogP contribution in [0.15, 0.2) is 53.2 Å². The number of ether oxygens (including phenoxy) is 2. The van der Waals surface area contributed by atoms with E-state index in [1.165, 1.54) is 0 Å². The predicted octanol–water partition coefficient (Wildman–Crippen LogP) is 2.78. The van der Waals surface area contributed by atoms with Gasteiger partial charge in [0.1, 0.15) is 18.9 Å². The minimum absolute atomic E-state index is 0.178. The highest BCUT2D eigenvalue weighted by Gasteiger charge is 2.23. The maximum absolute atomic E-state index is 12.8. The van der Waals surface area contributed by atoms with Gasteiger partial charge in [0, 0.05) is 19.3 Å². The van der Waals surface area contributed by atoms with Crippen molar-refractivity contribution in [1.29, 1.82) is 0 Å². The summed E-state index contributed by atoms with van der Waals surface area (Å²) < 4.78 is 16.5. The number of rotatable bonds is 4. The van der Waals surface area contributed by atoms with Gasteiger partial charge in [0.25, 0.3) is 5.91 Å². The molecule has 132 valence electrons. The van der Waals surface area contributed by atoms with Crippen molar-refractivity contribution in [2.75, 3.05) is 20.3 Å². The highest BCUT2D eigenvalue weighted by Crippen LogP contribution is 2.34. The summed E-state index contributed by atoms with van der Waals surface area (Å²) in [5, 5.41) is 4.02. The van der Waals surface area contributed by atoms with Gasteiger partial charge in [-0.2, -0.15) is 0 Å². The molecule has 1 aliphatic heterocycles. The van der Waals surface area contributed by atoms with Gasteiger partial charge in [-0.1, -0.05) is 17.3 Å². The summed E-state index contributed by atoms with van der Waals surface area (Å²) in [6.45, 7) is 1.19. The molecule has 0 saturated carbocycles. The summed E-state index contributed by atoms with van der Waals surface area (Å²) in [5.74, 6) is 1.47. The lowest BCUT2D eigenvalue weighted by molar-refractivity contribution is 0.0761. The molecule has 0 atom stereocenters. The molecule has 7 heteroatoms. The molecular weight excluding hydrogens is 334 g/mol. The number of para-hydroxylation sites is 1. The molecule has 0 bridgehead atoms. The van der Waals surface area contributed by atoms with Crippen LogP contribution in [0.4, 0.5) is 0 Å². The van der Waals surface area contributed by atoms with E-state index in [9.17, 15) is 4.79 Å². The van der Waals surface area contributed by atoms with E-state index >= 15 is 0 Å². The molecule has 1 aliphatic rings. The molecule has 0 radical (unpaired) electrons. The Morgan fingerprint density at radius 1 is 1.12 bits per heavy atom. The normalized spacial score (nSPS) is 12.7. The van der Waals surface area contributed by atoms with Crippen LogP contribution < -0.4 is 9.47 Å². The molecule has 0 aliphatic carbocycles. The van der Waals surface area contributed by atoms with Gasteiger partial charge in [0.2, 0.25) is 0 Å². The number of amides is 1. The summed E-state index contributed by atoms with van der Waals surface area (Å²) in [7, 11) is 1.70. The van der Waals surface area contributed by atoms with Crippen LogP contribution in [0.25, 0.3) is 11.4 Å². The molecule has 0 N–H and O–H groups in total. The monoisotopic (exact) mass is 351 g/mol. The lowest BCUT2D eigenvalue weighted by atomic mass is 10.1. The fourth-order valence-corrected chi connectivity index (χ4v) is 2.78. The molecule has 0 spiro atoms. The third-order valence-electron chi connectivity index (χ3n) is 4.02. The number of carbonyl (C=O) groups is 1. The molecule has 26 heavy (non-hydrogen) atoms. The number of hydrogen-bond acceptors (Lipinski definition) is 6. The molecule has 7 nitrogen and oxygen atoms in total. The highest BCUT2D eigenvalue weighted by atomic mass is 16.6. The van der Waals surface area contributed by atoms with Crippen molar-refractivity contribution in [2.24, 2.45) is 0 Å². The van der Waals surface area contributed by atoms with Crippen LogP contribution in [0.5, 0.6) is 11.5 Å². The van der Waals surface area contributed by atoms with E-state index in [0.717, 1.165) is 5.69 Å². The second-order valence-electron chi connectivity index (χ2n) is 5.88. The first kappa shape index (κ1) is 16.1. The first-order valence-corrected chi connectivity index (χ1v) is 8.23. The van der Waals surface area contributed by atoms with E-state index in [-0.39, 0.29) is 12.5 Å². The fourth-order valence-electron chi connectivity index (χ4n) is 2.78. The second-order valence-corrected chi connectivity index (χ2v) is 5.88. The van der Waals surface area contributed by atoms with Gasteiger partial charge in [0.15, 0.2) is 17.3 Å². The van der Waals surface area contributed by atoms with E-state index in [1.54, 1.807) is 42.4 Å². The first-order chi connectivity index (χ1) is 12.7. The largest absolute Gasteiger partial charge is 0.486 e. The zero-order valence-corrected chi connectivity index (χ0v) is 14.2. The molecule has 0 fully saturated rings. The van der Waals surface area contributed by atoms with E-state index in [1.807, 2.05) is 18.2 Å². The maximum atomic E-state index is 12.8. The number of fused-ring (bicyclic) bond motifs is 1. The van der Waals surface area contributed by atoms with Gasteiger partial charge in [0.05, 0.1) is 17.8 Å². The number of aromatic nitrogens is 2. The molecule has 0 unspecified atom stereocenters. The lowest BCUT2D eigenvalue weighted by Gasteiger charge is -2.22. The van der Waals surface area contributed by atoms with Crippen molar-refractivity contribution in [3.05, 3.63) is 60.0 Å². The summed E-state index contributed by atoms with van der Waals surface area (Å²) >= 11 is 0. The summed E-state index contributed by atoms with van der Waals surface area (Å²) in [6.07, 6.45) is 1.69. The molecule has 1 amide bonds. The summed E-state index contributed by atoms with van der Waals surface area (Å²) in [6, 6.07) is 12.7. The Hall–Kier alpha value is -3.35. The number of hydrogen-bond donors (Lipinski definition) is 0. The SMILES string of the molecule is CN(Cc1cc(-c2ccccn2)no1)C(=O)c1cccc2c1OCCO2. The lowest BCUT2D eigenvalue weighted by Crippen LogP contribution is -2.27. The third-order valence-corrected chi connectivity index (χ3v) is 4.02. The molecular formula is C19H17N3O4. The van der Waals surface area contributed by atoms with Crippen LogP contribution in [0, 0.1) is 0 Å². The summed E-state index contributed by atoms with van der Waals surface area (Å²) in [5.41, 5.74) is 1.82. The predicted molar refractivity (Wildman–Crippen MR) is 93.0 cm³/mol. The van der Waals surface area contributed by atoms with Crippen molar-refractivity contribution in [3.63, 3.8) is 0 Å². The minimum atomic E-state index is -0.178. The number of carbonyl (C=O) groups excluding carboxylic acids is 1. The molecule has 3 aromatic rings. The molecule has 2 aromatic heterocycles. The molecule has 1 aromatic carbocycles. The molecule has 3 heterocycles. The number of benzene rings is 1. The van der Waals surface area contributed by atoms with E-state index in [4.69, 9.17) is 14.0 Å². The quantitative estimate of drug-likeness (QED) is 0.719. The van der Waals surface area contributed by atoms with Gasteiger partial charge >= 0.3 is 0 Å². The summed E-state index contributed by atoms with van der Waals surface area (Å²) in [4.78, 5) is 18.6. The Kier molecular flexibility index (Phi) is 4.27. The topological polar surface area (TPSA) is 77.7 Å². The van der Waals surface area contributed by atoms with Gasteiger partial charge in [-0.25, -0.2) is 0 Å². The Balaban J connectivity index is 1.51. The zero-order valence-electron chi connectivity index (χ0n) is 14.2. The van der Waals surface area contributed by atoms with Gasteiger partial charge in [-0.15, -0.1) is 0 Å². The second kappa shape index (κ2) is 6.87. The standard InChI is InChI=1S/C19H17N3O4/c1-22(12-13-11-16(21-26-13)15-6-2-3-8-20-15)19(23)14-5-4-7-17-18(14)25-10-9-24-17/h2-8,11H,9-10,12H2,1H3. The smallest absolute Gasteiger partial charge is 0.257 e. The van der Waals surface area contributed by atoms with Crippen LogP contribution >= 0.6 is 0 Å². The van der Waals surface area contributed by atoms with Crippen LogP contribution in [0.3, 0.4) is 0 Å². The molecule has 0 saturated heterocycles. The Morgan fingerprint density at radius 3 is 2.85 bits per heavy atom. The van der Waals surface area contributed by atoms with Crippen molar-refractivity contribution in [2.45, 2.75) is 6.54 Å². The highest BCUT2D eigenvalue weighted by molar-refractivity contribution is 5.97. The first-order valence-electron chi connectivity index (χ1n) is 8.23.